The Morgan fingerprint density at radius 2 is 1.56 bits per heavy atom. The molecule has 0 spiro atoms. The van der Waals surface area contributed by atoms with E-state index in [0.29, 0.717) is 40.8 Å². The Hall–Kier alpha value is -2.74. The number of hydrogen-bond acceptors (Lipinski definition) is 6. The van der Waals surface area contributed by atoms with Gasteiger partial charge >= 0.3 is 0 Å². The molecule has 0 radical (unpaired) electrons. The Labute approximate surface area is 149 Å². The van der Waals surface area contributed by atoms with E-state index < -0.39 is 0 Å². The van der Waals surface area contributed by atoms with Crippen LogP contribution in [0.2, 0.25) is 0 Å². The van der Waals surface area contributed by atoms with Gasteiger partial charge in [-0.15, -0.1) is 11.3 Å². The number of benzene rings is 1. The Balaban J connectivity index is 1.93. The predicted molar refractivity (Wildman–Crippen MR) is 95.1 cm³/mol. The van der Waals surface area contributed by atoms with Gasteiger partial charge in [-0.05, 0) is 23.6 Å². The van der Waals surface area contributed by atoms with E-state index in [0.717, 1.165) is 0 Å². The summed E-state index contributed by atoms with van der Waals surface area (Å²) < 4.78 is 15.7. The number of carbonyl (C=O) groups excluding carboxylic acids is 2. The van der Waals surface area contributed by atoms with Crippen molar-refractivity contribution in [3.63, 3.8) is 0 Å². The normalized spacial score (nSPS) is 10.0. The average molecular weight is 364 g/mol. The van der Waals surface area contributed by atoms with Crippen LogP contribution in [-0.2, 0) is 0 Å². The number of hydrogen-bond donors (Lipinski definition) is 2. The molecule has 0 aliphatic heterocycles. The Bertz CT molecular complexity index is 706. The number of nitrogens with one attached hydrogen (secondary N) is 2. The molecule has 8 heteroatoms. The van der Waals surface area contributed by atoms with E-state index in [9.17, 15) is 9.59 Å². The van der Waals surface area contributed by atoms with Crippen molar-refractivity contribution in [2.75, 3.05) is 34.4 Å². The summed E-state index contributed by atoms with van der Waals surface area (Å²) in [4.78, 5) is 24.7. The largest absolute Gasteiger partial charge is 0.493 e. The standard InChI is InChI=1S/C17H20N2O5S/c1-22-12-9-11(10-13(23-2)15(12)24-3)16(20)18-6-7-19-17(21)14-5-4-8-25-14/h4-5,8-10H,6-7H2,1-3H3,(H,18,20)(H,19,21). The molecule has 0 aliphatic carbocycles. The second-order valence-electron chi connectivity index (χ2n) is 4.90. The van der Waals surface area contributed by atoms with Crippen LogP contribution in [0.15, 0.2) is 29.6 Å². The smallest absolute Gasteiger partial charge is 0.261 e. The summed E-state index contributed by atoms with van der Waals surface area (Å²) >= 11 is 1.36. The molecule has 1 heterocycles. The minimum atomic E-state index is -0.301. The number of carbonyl (C=O) groups is 2. The van der Waals surface area contributed by atoms with Gasteiger partial charge in [-0.25, -0.2) is 0 Å². The lowest BCUT2D eigenvalue weighted by Gasteiger charge is -2.14. The average Bonchev–Trinajstić information content (AvgIpc) is 3.18. The van der Waals surface area contributed by atoms with Gasteiger partial charge in [0, 0.05) is 18.7 Å². The first kappa shape index (κ1) is 18.6. The molecule has 0 fully saturated rings. The van der Waals surface area contributed by atoms with Crippen molar-refractivity contribution < 1.29 is 23.8 Å². The van der Waals surface area contributed by atoms with Crippen LogP contribution in [-0.4, -0.2) is 46.2 Å². The first-order valence-corrected chi connectivity index (χ1v) is 8.38. The molecule has 134 valence electrons. The molecule has 0 bridgehead atoms. The molecule has 1 aromatic heterocycles. The molecule has 2 N–H and O–H groups in total. The highest BCUT2D eigenvalue weighted by Crippen LogP contribution is 2.38. The zero-order valence-electron chi connectivity index (χ0n) is 14.3. The molecular weight excluding hydrogens is 344 g/mol. The van der Waals surface area contributed by atoms with Crippen molar-refractivity contribution in [1.29, 1.82) is 0 Å². The zero-order valence-corrected chi connectivity index (χ0v) is 15.1. The van der Waals surface area contributed by atoms with Gasteiger partial charge in [0.25, 0.3) is 11.8 Å². The second kappa shape index (κ2) is 8.93. The maximum Gasteiger partial charge on any atom is 0.261 e. The van der Waals surface area contributed by atoms with Crippen molar-refractivity contribution in [1.82, 2.24) is 10.6 Å². The van der Waals surface area contributed by atoms with E-state index in [4.69, 9.17) is 14.2 Å². The molecule has 2 rings (SSSR count). The van der Waals surface area contributed by atoms with Gasteiger partial charge in [0.2, 0.25) is 5.75 Å². The molecule has 25 heavy (non-hydrogen) atoms. The lowest BCUT2D eigenvalue weighted by atomic mass is 10.1. The zero-order chi connectivity index (χ0) is 18.2. The molecule has 0 unspecified atom stereocenters. The SMILES string of the molecule is COc1cc(C(=O)NCCNC(=O)c2cccs2)cc(OC)c1OC. The second-order valence-corrected chi connectivity index (χ2v) is 5.85. The number of ether oxygens (including phenoxy) is 3. The molecular formula is C17H20N2O5S. The number of amides is 2. The summed E-state index contributed by atoms with van der Waals surface area (Å²) in [5.41, 5.74) is 0.374. The summed E-state index contributed by atoms with van der Waals surface area (Å²) in [5.74, 6) is 0.766. The van der Waals surface area contributed by atoms with E-state index in [1.807, 2.05) is 11.4 Å². The summed E-state index contributed by atoms with van der Waals surface area (Å²) in [6, 6.07) is 6.70. The van der Waals surface area contributed by atoms with E-state index in [1.54, 1.807) is 18.2 Å². The molecule has 0 saturated heterocycles. The minimum Gasteiger partial charge on any atom is -0.493 e. The van der Waals surface area contributed by atoms with Crippen LogP contribution in [0.25, 0.3) is 0 Å². The summed E-state index contributed by atoms with van der Waals surface area (Å²) in [5, 5.41) is 7.31. The van der Waals surface area contributed by atoms with Crippen molar-refractivity contribution >= 4 is 23.2 Å². The van der Waals surface area contributed by atoms with Crippen molar-refractivity contribution in [3.8, 4) is 17.2 Å². The van der Waals surface area contributed by atoms with Gasteiger partial charge in [0.05, 0.1) is 26.2 Å². The van der Waals surface area contributed by atoms with E-state index in [2.05, 4.69) is 10.6 Å². The monoisotopic (exact) mass is 364 g/mol. The third-order valence-electron chi connectivity index (χ3n) is 3.37. The molecule has 0 saturated carbocycles. The lowest BCUT2D eigenvalue weighted by molar-refractivity contribution is 0.0929. The molecule has 2 aromatic rings. The topological polar surface area (TPSA) is 85.9 Å². The highest BCUT2D eigenvalue weighted by atomic mass is 32.1. The Morgan fingerprint density at radius 1 is 0.960 bits per heavy atom. The van der Waals surface area contributed by atoms with E-state index >= 15 is 0 Å². The van der Waals surface area contributed by atoms with Gasteiger partial charge < -0.3 is 24.8 Å². The predicted octanol–water partition coefficient (Wildman–Crippen LogP) is 1.93. The van der Waals surface area contributed by atoms with E-state index in [-0.39, 0.29) is 11.8 Å². The van der Waals surface area contributed by atoms with E-state index in [1.165, 1.54) is 32.7 Å². The third-order valence-corrected chi connectivity index (χ3v) is 4.24. The Kier molecular flexibility index (Phi) is 6.64. The molecule has 0 aliphatic rings. The fraction of sp³-hybridized carbons (Fsp3) is 0.294. The van der Waals surface area contributed by atoms with Crippen LogP contribution in [0, 0.1) is 0 Å². The number of rotatable bonds is 8. The molecule has 2 amide bonds. The summed E-state index contributed by atoms with van der Waals surface area (Å²) in [6.07, 6.45) is 0. The first-order chi connectivity index (χ1) is 12.1. The minimum absolute atomic E-state index is 0.156. The molecule has 0 atom stereocenters. The highest BCUT2D eigenvalue weighted by molar-refractivity contribution is 7.12. The molecule has 1 aromatic carbocycles. The summed E-state index contributed by atoms with van der Waals surface area (Å²) in [6.45, 7) is 0.625. The van der Waals surface area contributed by atoms with Crippen LogP contribution >= 0.6 is 11.3 Å². The van der Waals surface area contributed by atoms with Gasteiger partial charge in [-0.2, -0.15) is 0 Å². The van der Waals surface area contributed by atoms with Gasteiger partial charge in [-0.1, -0.05) is 6.07 Å². The highest BCUT2D eigenvalue weighted by Gasteiger charge is 2.16. The number of thiophene rings is 1. The van der Waals surface area contributed by atoms with Crippen molar-refractivity contribution in [2.24, 2.45) is 0 Å². The summed E-state index contributed by atoms with van der Waals surface area (Å²) in [7, 11) is 4.47. The van der Waals surface area contributed by atoms with Crippen molar-refractivity contribution in [3.05, 3.63) is 40.1 Å². The Morgan fingerprint density at radius 3 is 2.04 bits per heavy atom. The quantitative estimate of drug-likeness (QED) is 0.699. The number of methoxy groups -OCH3 is 3. The van der Waals surface area contributed by atoms with Crippen LogP contribution in [0.4, 0.5) is 0 Å². The van der Waals surface area contributed by atoms with Crippen LogP contribution in [0.5, 0.6) is 17.2 Å². The fourth-order valence-electron chi connectivity index (χ4n) is 2.16. The maximum atomic E-state index is 12.3. The van der Waals surface area contributed by atoms with Gasteiger partial charge in [0.1, 0.15) is 0 Å². The first-order valence-electron chi connectivity index (χ1n) is 7.50. The third kappa shape index (κ3) is 4.63. The lowest BCUT2D eigenvalue weighted by Crippen LogP contribution is -2.34. The van der Waals surface area contributed by atoms with Crippen LogP contribution in [0.3, 0.4) is 0 Å². The van der Waals surface area contributed by atoms with Gasteiger partial charge in [0.15, 0.2) is 11.5 Å². The van der Waals surface area contributed by atoms with Crippen LogP contribution < -0.4 is 24.8 Å². The molecule has 7 nitrogen and oxygen atoms in total. The van der Waals surface area contributed by atoms with Crippen LogP contribution in [0.1, 0.15) is 20.0 Å². The maximum absolute atomic E-state index is 12.3. The van der Waals surface area contributed by atoms with Crippen molar-refractivity contribution in [2.45, 2.75) is 0 Å². The van der Waals surface area contributed by atoms with Gasteiger partial charge in [-0.3, -0.25) is 9.59 Å². The fourth-order valence-corrected chi connectivity index (χ4v) is 2.80.